The van der Waals surface area contributed by atoms with Gasteiger partial charge in [-0.1, -0.05) is 24.3 Å². The zero-order chi connectivity index (χ0) is 18.5. The monoisotopic (exact) mass is 353 g/mol. The summed E-state index contributed by atoms with van der Waals surface area (Å²) in [7, 11) is 0. The van der Waals surface area contributed by atoms with Gasteiger partial charge in [-0.05, 0) is 48.7 Å². The molecule has 1 N–H and O–H groups in total. The molecule has 0 aliphatic carbocycles. The number of rotatable bonds is 6. The standard InChI is InChI=1S/C19H20FN5O/c1-3-18(15-4-6-16(20)7-5-15)25-12-17(23-24-25)19(26)22-13(2)14-8-10-21-11-9-14/h4-13,18H,3H2,1-2H3,(H,22,26)/t13-,18-/m1/s1. The van der Waals surface area contributed by atoms with Gasteiger partial charge >= 0.3 is 0 Å². The van der Waals surface area contributed by atoms with Gasteiger partial charge in [0.2, 0.25) is 0 Å². The molecule has 0 saturated carbocycles. The van der Waals surface area contributed by atoms with Crippen LogP contribution >= 0.6 is 0 Å². The molecule has 1 amide bonds. The van der Waals surface area contributed by atoms with Gasteiger partial charge in [0.1, 0.15) is 5.82 Å². The number of benzene rings is 1. The Morgan fingerprint density at radius 3 is 2.50 bits per heavy atom. The first kappa shape index (κ1) is 17.7. The molecule has 0 radical (unpaired) electrons. The van der Waals surface area contributed by atoms with E-state index in [0.717, 1.165) is 17.5 Å². The fraction of sp³-hybridized carbons (Fsp3) is 0.263. The molecule has 2 atom stereocenters. The topological polar surface area (TPSA) is 72.7 Å². The number of amides is 1. The van der Waals surface area contributed by atoms with Crippen molar-refractivity contribution in [2.45, 2.75) is 32.4 Å². The van der Waals surface area contributed by atoms with Crippen LogP contribution in [0.5, 0.6) is 0 Å². The van der Waals surface area contributed by atoms with Crippen molar-refractivity contribution >= 4 is 5.91 Å². The maximum absolute atomic E-state index is 13.1. The van der Waals surface area contributed by atoms with Crippen LogP contribution in [0.3, 0.4) is 0 Å². The molecule has 6 nitrogen and oxygen atoms in total. The normalized spacial score (nSPS) is 13.2. The molecule has 7 heteroatoms. The molecular formula is C19H20FN5O. The Balaban J connectivity index is 1.73. The van der Waals surface area contributed by atoms with Crippen LogP contribution in [0.25, 0.3) is 0 Å². The van der Waals surface area contributed by atoms with Crippen LogP contribution in [0.1, 0.15) is 54.0 Å². The van der Waals surface area contributed by atoms with Gasteiger partial charge in [0, 0.05) is 12.4 Å². The van der Waals surface area contributed by atoms with Crippen molar-refractivity contribution in [1.29, 1.82) is 0 Å². The van der Waals surface area contributed by atoms with Gasteiger partial charge in [0.15, 0.2) is 5.69 Å². The molecule has 0 saturated heterocycles. The molecule has 0 aliphatic heterocycles. The highest BCUT2D eigenvalue weighted by Crippen LogP contribution is 2.21. The smallest absolute Gasteiger partial charge is 0.273 e. The van der Waals surface area contributed by atoms with Crippen LogP contribution in [0.15, 0.2) is 55.0 Å². The molecule has 0 aliphatic rings. The van der Waals surface area contributed by atoms with Crippen molar-refractivity contribution in [1.82, 2.24) is 25.3 Å². The number of nitrogens with zero attached hydrogens (tertiary/aromatic N) is 4. The third kappa shape index (κ3) is 3.93. The Morgan fingerprint density at radius 2 is 1.85 bits per heavy atom. The van der Waals surface area contributed by atoms with Gasteiger partial charge in [-0.15, -0.1) is 5.10 Å². The van der Waals surface area contributed by atoms with Gasteiger partial charge in [-0.25, -0.2) is 9.07 Å². The third-order valence-electron chi connectivity index (χ3n) is 4.26. The first-order chi connectivity index (χ1) is 12.6. The Kier molecular flexibility index (Phi) is 5.36. The molecular weight excluding hydrogens is 333 g/mol. The summed E-state index contributed by atoms with van der Waals surface area (Å²) in [6, 6.07) is 9.69. The Hall–Kier alpha value is -3.09. The number of carbonyl (C=O) groups is 1. The highest BCUT2D eigenvalue weighted by Gasteiger charge is 2.18. The highest BCUT2D eigenvalue weighted by molar-refractivity contribution is 5.92. The molecule has 2 heterocycles. The Bertz CT molecular complexity index is 863. The lowest BCUT2D eigenvalue weighted by Gasteiger charge is -2.15. The second kappa shape index (κ2) is 7.86. The van der Waals surface area contributed by atoms with Crippen LogP contribution in [-0.2, 0) is 0 Å². The first-order valence-electron chi connectivity index (χ1n) is 8.46. The summed E-state index contributed by atoms with van der Waals surface area (Å²) < 4.78 is 14.8. The number of carbonyl (C=O) groups excluding carboxylic acids is 1. The first-order valence-corrected chi connectivity index (χ1v) is 8.46. The lowest BCUT2D eigenvalue weighted by atomic mass is 10.0. The van der Waals surface area contributed by atoms with E-state index in [0.29, 0.717) is 0 Å². The van der Waals surface area contributed by atoms with E-state index in [1.807, 2.05) is 26.0 Å². The SMILES string of the molecule is CC[C@H](c1ccc(F)cc1)n1cc(C(=O)N[C@H](C)c2ccncc2)nn1. The molecule has 2 aromatic heterocycles. The van der Waals surface area contributed by atoms with Crippen molar-refractivity contribution in [3.8, 4) is 0 Å². The number of aromatic nitrogens is 4. The van der Waals surface area contributed by atoms with Gasteiger partial charge in [-0.3, -0.25) is 9.78 Å². The van der Waals surface area contributed by atoms with Crippen LogP contribution in [0.2, 0.25) is 0 Å². The highest BCUT2D eigenvalue weighted by atomic mass is 19.1. The third-order valence-corrected chi connectivity index (χ3v) is 4.26. The van der Waals surface area contributed by atoms with E-state index >= 15 is 0 Å². The fourth-order valence-corrected chi connectivity index (χ4v) is 2.80. The van der Waals surface area contributed by atoms with E-state index in [9.17, 15) is 9.18 Å². The predicted octanol–water partition coefficient (Wildman–Crippen LogP) is 3.30. The van der Waals surface area contributed by atoms with Crippen LogP contribution < -0.4 is 5.32 Å². The second-order valence-corrected chi connectivity index (χ2v) is 6.04. The van der Waals surface area contributed by atoms with Gasteiger partial charge in [0.05, 0.1) is 18.3 Å². The van der Waals surface area contributed by atoms with Crippen molar-refractivity contribution < 1.29 is 9.18 Å². The molecule has 134 valence electrons. The summed E-state index contributed by atoms with van der Waals surface area (Å²) in [5.74, 6) is -0.582. The molecule has 1 aromatic carbocycles. The minimum Gasteiger partial charge on any atom is -0.344 e. The maximum Gasteiger partial charge on any atom is 0.273 e. The van der Waals surface area contributed by atoms with Crippen LogP contribution in [-0.4, -0.2) is 25.9 Å². The number of hydrogen-bond donors (Lipinski definition) is 1. The average Bonchev–Trinajstić information content (AvgIpc) is 3.14. The summed E-state index contributed by atoms with van der Waals surface area (Å²) in [6.07, 6.45) is 5.72. The van der Waals surface area contributed by atoms with Crippen molar-refractivity contribution in [2.75, 3.05) is 0 Å². The van der Waals surface area contributed by atoms with Gasteiger partial charge in [0.25, 0.3) is 5.91 Å². The predicted molar refractivity (Wildman–Crippen MR) is 95.0 cm³/mol. The number of hydrogen-bond acceptors (Lipinski definition) is 4. The number of nitrogens with one attached hydrogen (secondary N) is 1. The quantitative estimate of drug-likeness (QED) is 0.738. The van der Waals surface area contributed by atoms with Crippen LogP contribution in [0.4, 0.5) is 4.39 Å². The zero-order valence-corrected chi connectivity index (χ0v) is 14.6. The summed E-state index contributed by atoms with van der Waals surface area (Å²) in [5.41, 5.74) is 2.11. The molecule has 0 spiro atoms. The molecule has 3 aromatic rings. The summed E-state index contributed by atoms with van der Waals surface area (Å²) >= 11 is 0. The van der Waals surface area contributed by atoms with Crippen molar-refractivity contribution in [3.63, 3.8) is 0 Å². The van der Waals surface area contributed by atoms with E-state index in [-0.39, 0.29) is 29.5 Å². The lowest BCUT2D eigenvalue weighted by molar-refractivity contribution is 0.0934. The minimum absolute atomic E-state index is 0.109. The average molecular weight is 353 g/mol. The minimum atomic E-state index is -0.297. The fourth-order valence-electron chi connectivity index (χ4n) is 2.80. The van der Waals surface area contributed by atoms with Crippen LogP contribution in [0, 0.1) is 5.82 Å². The largest absolute Gasteiger partial charge is 0.344 e. The second-order valence-electron chi connectivity index (χ2n) is 6.04. The Morgan fingerprint density at radius 1 is 1.15 bits per heavy atom. The molecule has 3 rings (SSSR count). The maximum atomic E-state index is 13.1. The van der Waals surface area contributed by atoms with E-state index < -0.39 is 0 Å². The summed E-state index contributed by atoms with van der Waals surface area (Å²) in [5, 5.41) is 11.0. The van der Waals surface area contributed by atoms with Gasteiger partial charge in [-0.2, -0.15) is 0 Å². The summed E-state index contributed by atoms with van der Waals surface area (Å²) in [4.78, 5) is 16.4. The van der Waals surface area contributed by atoms with Crippen molar-refractivity contribution in [3.05, 3.63) is 77.6 Å². The number of pyridine rings is 1. The van der Waals surface area contributed by atoms with E-state index in [2.05, 4.69) is 20.6 Å². The van der Waals surface area contributed by atoms with Gasteiger partial charge < -0.3 is 5.32 Å². The molecule has 0 unspecified atom stereocenters. The molecule has 0 fully saturated rings. The summed E-state index contributed by atoms with van der Waals surface area (Å²) in [6.45, 7) is 3.89. The Labute approximate surface area is 151 Å². The molecule has 26 heavy (non-hydrogen) atoms. The van der Waals surface area contributed by atoms with E-state index in [4.69, 9.17) is 0 Å². The van der Waals surface area contributed by atoms with E-state index in [1.54, 1.807) is 35.4 Å². The lowest BCUT2D eigenvalue weighted by Crippen LogP contribution is -2.27. The number of halogens is 1. The molecule has 0 bridgehead atoms. The van der Waals surface area contributed by atoms with E-state index in [1.165, 1.54) is 12.1 Å². The zero-order valence-electron chi connectivity index (χ0n) is 14.6. The van der Waals surface area contributed by atoms with Crippen molar-refractivity contribution in [2.24, 2.45) is 0 Å².